The molecule has 0 bridgehead atoms. The molecular formula is C20H26N2O2. The van der Waals surface area contributed by atoms with Crippen LogP contribution in [0.15, 0.2) is 54.6 Å². The Labute approximate surface area is 144 Å². The van der Waals surface area contributed by atoms with Crippen LogP contribution in [-0.4, -0.2) is 18.0 Å². The van der Waals surface area contributed by atoms with E-state index in [4.69, 9.17) is 4.74 Å². The fourth-order valence-electron chi connectivity index (χ4n) is 2.50. The van der Waals surface area contributed by atoms with Gasteiger partial charge in [-0.2, -0.15) is 0 Å². The van der Waals surface area contributed by atoms with Gasteiger partial charge >= 0.3 is 0 Å². The summed E-state index contributed by atoms with van der Waals surface area (Å²) >= 11 is 0. The molecule has 2 atom stereocenters. The number of ether oxygens (including phenoxy) is 1. The number of para-hydroxylation sites is 1. The van der Waals surface area contributed by atoms with Crippen molar-refractivity contribution >= 4 is 11.6 Å². The summed E-state index contributed by atoms with van der Waals surface area (Å²) in [6.07, 6.45) is 2.16. The first kappa shape index (κ1) is 18.0. The summed E-state index contributed by atoms with van der Waals surface area (Å²) in [5, 5.41) is 6.23. The largest absolute Gasteiger partial charge is 0.457 e. The molecule has 0 aliphatic rings. The molecule has 0 unspecified atom stereocenters. The zero-order valence-corrected chi connectivity index (χ0v) is 14.6. The number of benzene rings is 2. The van der Waals surface area contributed by atoms with Gasteiger partial charge in [-0.3, -0.25) is 4.79 Å². The highest BCUT2D eigenvalue weighted by Gasteiger charge is 2.15. The van der Waals surface area contributed by atoms with Crippen LogP contribution in [0.3, 0.4) is 0 Å². The van der Waals surface area contributed by atoms with Crippen LogP contribution in [0.25, 0.3) is 0 Å². The Kier molecular flexibility index (Phi) is 6.82. The second-order valence-electron chi connectivity index (χ2n) is 6.01. The van der Waals surface area contributed by atoms with Gasteiger partial charge in [0.05, 0.1) is 6.04 Å². The Morgan fingerprint density at radius 3 is 2.25 bits per heavy atom. The molecule has 2 aromatic carbocycles. The Bertz CT molecular complexity index is 626. The monoisotopic (exact) mass is 326 g/mol. The van der Waals surface area contributed by atoms with Crippen molar-refractivity contribution in [1.82, 2.24) is 5.32 Å². The Morgan fingerprint density at radius 2 is 1.62 bits per heavy atom. The molecule has 4 heteroatoms. The number of hydrogen-bond donors (Lipinski definition) is 2. The van der Waals surface area contributed by atoms with Crippen molar-refractivity contribution in [2.45, 2.75) is 45.7 Å². The molecule has 0 saturated heterocycles. The molecule has 0 spiro atoms. The van der Waals surface area contributed by atoms with Crippen LogP contribution in [0.1, 0.15) is 33.6 Å². The normalized spacial score (nSPS) is 13.1. The molecule has 2 rings (SSSR count). The van der Waals surface area contributed by atoms with Crippen LogP contribution in [0.4, 0.5) is 5.69 Å². The van der Waals surface area contributed by atoms with E-state index in [2.05, 4.69) is 24.5 Å². The number of anilines is 1. The average molecular weight is 326 g/mol. The van der Waals surface area contributed by atoms with E-state index < -0.39 is 0 Å². The molecule has 0 saturated carbocycles. The third kappa shape index (κ3) is 5.70. The second-order valence-corrected chi connectivity index (χ2v) is 6.01. The first-order valence-electron chi connectivity index (χ1n) is 8.48. The lowest BCUT2D eigenvalue weighted by atomic mass is 10.1. The summed E-state index contributed by atoms with van der Waals surface area (Å²) in [4.78, 5) is 12.2. The van der Waals surface area contributed by atoms with E-state index in [1.54, 1.807) is 0 Å². The van der Waals surface area contributed by atoms with E-state index in [1.807, 2.05) is 61.5 Å². The summed E-state index contributed by atoms with van der Waals surface area (Å²) in [5.74, 6) is 1.49. The smallest absolute Gasteiger partial charge is 0.241 e. The zero-order valence-electron chi connectivity index (χ0n) is 14.6. The molecule has 24 heavy (non-hydrogen) atoms. The van der Waals surface area contributed by atoms with E-state index >= 15 is 0 Å². The summed E-state index contributed by atoms with van der Waals surface area (Å²) < 4.78 is 5.74. The predicted octanol–water partition coefficient (Wildman–Crippen LogP) is 4.58. The van der Waals surface area contributed by atoms with Gasteiger partial charge in [0.1, 0.15) is 11.5 Å². The van der Waals surface area contributed by atoms with Gasteiger partial charge < -0.3 is 15.4 Å². The third-order valence-corrected chi connectivity index (χ3v) is 3.75. The first-order chi connectivity index (χ1) is 11.6. The Morgan fingerprint density at radius 1 is 1.00 bits per heavy atom. The Hall–Kier alpha value is -2.33. The minimum atomic E-state index is -0.230. The van der Waals surface area contributed by atoms with Crippen molar-refractivity contribution in [2.75, 3.05) is 5.32 Å². The van der Waals surface area contributed by atoms with Crippen LogP contribution in [-0.2, 0) is 4.79 Å². The summed E-state index contributed by atoms with van der Waals surface area (Å²) in [6, 6.07) is 17.1. The van der Waals surface area contributed by atoms with Gasteiger partial charge in [0.25, 0.3) is 0 Å². The van der Waals surface area contributed by atoms with Gasteiger partial charge in [-0.15, -0.1) is 0 Å². The van der Waals surface area contributed by atoms with Gasteiger partial charge in [-0.25, -0.2) is 0 Å². The molecule has 1 amide bonds. The van der Waals surface area contributed by atoms with Crippen LogP contribution in [0, 0.1) is 0 Å². The maximum Gasteiger partial charge on any atom is 0.241 e. The second kappa shape index (κ2) is 9.08. The average Bonchev–Trinajstić information content (AvgIpc) is 2.57. The lowest BCUT2D eigenvalue weighted by Gasteiger charge is -2.19. The molecule has 0 aliphatic heterocycles. The number of amides is 1. The fraction of sp³-hybridized carbons (Fsp3) is 0.350. The molecule has 4 nitrogen and oxygen atoms in total. The molecule has 2 aromatic rings. The number of nitrogens with one attached hydrogen (secondary N) is 2. The maximum absolute atomic E-state index is 12.2. The van der Waals surface area contributed by atoms with E-state index in [1.165, 1.54) is 0 Å². The number of carbonyl (C=O) groups is 1. The molecule has 0 heterocycles. The minimum Gasteiger partial charge on any atom is -0.457 e. The summed E-state index contributed by atoms with van der Waals surface area (Å²) in [7, 11) is 0. The highest BCUT2D eigenvalue weighted by Crippen LogP contribution is 2.22. The quantitative estimate of drug-likeness (QED) is 0.746. The molecule has 2 N–H and O–H groups in total. The summed E-state index contributed by atoms with van der Waals surface area (Å²) in [6.45, 7) is 6.12. The predicted molar refractivity (Wildman–Crippen MR) is 98.6 cm³/mol. The van der Waals surface area contributed by atoms with Crippen LogP contribution in [0.5, 0.6) is 11.5 Å². The van der Waals surface area contributed by atoms with E-state index in [9.17, 15) is 4.79 Å². The first-order valence-corrected chi connectivity index (χ1v) is 8.48. The van der Waals surface area contributed by atoms with E-state index in [0.717, 1.165) is 30.0 Å². The van der Waals surface area contributed by atoms with Crippen LogP contribution < -0.4 is 15.4 Å². The third-order valence-electron chi connectivity index (χ3n) is 3.75. The highest BCUT2D eigenvalue weighted by atomic mass is 16.5. The standard InChI is InChI=1S/C20H26N2O2/c1-4-8-15(2)21-16(3)20(23)22-17-11-13-19(14-12-17)24-18-9-6-5-7-10-18/h5-7,9-16,21H,4,8H2,1-3H3,(H,22,23)/t15-,16-/m0/s1. The zero-order chi connectivity index (χ0) is 17.4. The van der Waals surface area contributed by atoms with Crippen LogP contribution >= 0.6 is 0 Å². The Balaban J connectivity index is 1.88. The van der Waals surface area contributed by atoms with Gasteiger partial charge in [0.2, 0.25) is 5.91 Å². The molecule has 0 aromatic heterocycles. The molecule has 128 valence electrons. The highest BCUT2D eigenvalue weighted by molar-refractivity contribution is 5.94. The molecule has 0 aliphatic carbocycles. The van der Waals surface area contributed by atoms with Crippen molar-refractivity contribution in [2.24, 2.45) is 0 Å². The summed E-state index contributed by atoms with van der Waals surface area (Å²) in [5.41, 5.74) is 0.761. The molecule has 0 fully saturated rings. The van der Waals surface area contributed by atoms with E-state index in [0.29, 0.717) is 6.04 Å². The fourth-order valence-corrected chi connectivity index (χ4v) is 2.50. The SMILES string of the molecule is CCC[C@H](C)N[C@@H](C)C(=O)Nc1ccc(Oc2ccccc2)cc1. The topological polar surface area (TPSA) is 50.4 Å². The van der Waals surface area contributed by atoms with Gasteiger partial charge in [-0.1, -0.05) is 31.5 Å². The van der Waals surface area contributed by atoms with Gasteiger partial charge in [0.15, 0.2) is 0 Å². The van der Waals surface area contributed by atoms with Crippen molar-refractivity contribution in [3.05, 3.63) is 54.6 Å². The van der Waals surface area contributed by atoms with Crippen molar-refractivity contribution < 1.29 is 9.53 Å². The van der Waals surface area contributed by atoms with Gasteiger partial charge in [0, 0.05) is 11.7 Å². The van der Waals surface area contributed by atoms with Crippen molar-refractivity contribution in [1.29, 1.82) is 0 Å². The number of hydrogen-bond acceptors (Lipinski definition) is 3. The van der Waals surface area contributed by atoms with Gasteiger partial charge in [-0.05, 0) is 56.7 Å². The number of rotatable bonds is 8. The lowest BCUT2D eigenvalue weighted by Crippen LogP contribution is -2.42. The van der Waals surface area contributed by atoms with E-state index in [-0.39, 0.29) is 11.9 Å². The maximum atomic E-state index is 12.2. The van der Waals surface area contributed by atoms with Crippen molar-refractivity contribution in [3.8, 4) is 11.5 Å². The number of carbonyl (C=O) groups excluding carboxylic acids is 1. The lowest BCUT2D eigenvalue weighted by molar-refractivity contribution is -0.117. The van der Waals surface area contributed by atoms with Crippen LogP contribution in [0.2, 0.25) is 0 Å². The molecule has 0 radical (unpaired) electrons. The minimum absolute atomic E-state index is 0.0327. The molecular weight excluding hydrogens is 300 g/mol. The van der Waals surface area contributed by atoms with Crippen molar-refractivity contribution in [3.63, 3.8) is 0 Å².